The highest BCUT2D eigenvalue weighted by molar-refractivity contribution is 6.17. The van der Waals surface area contributed by atoms with Gasteiger partial charge in [-0.3, -0.25) is 0 Å². The lowest BCUT2D eigenvalue weighted by molar-refractivity contribution is 0.478. The van der Waals surface area contributed by atoms with Gasteiger partial charge in [0.2, 0.25) is 0 Å². The first-order valence-corrected chi connectivity index (χ1v) is 7.18. The molecule has 0 spiro atoms. The largest absolute Gasteiger partial charge is 0.457 e. The zero-order valence-corrected chi connectivity index (χ0v) is 12.2. The summed E-state index contributed by atoms with van der Waals surface area (Å²) in [6, 6.07) is 14.4. The summed E-state index contributed by atoms with van der Waals surface area (Å²) in [5, 5.41) is 0. The van der Waals surface area contributed by atoms with Crippen LogP contribution in [0.5, 0.6) is 11.5 Å². The maximum Gasteiger partial charge on any atom is 0.130 e. The number of ether oxygens (including phenoxy) is 1. The van der Waals surface area contributed by atoms with Crippen molar-refractivity contribution in [3.05, 3.63) is 59.2 Å². The molecule has 0 bridgehead atoms. The maximum absolute atomic E-state index is 5.90. The molecule has 1 nitrogen and oxygen atoms in total. The van der Waals surface area contributed by atoms with Crippen molar-refractivity contribution in [3.8, 4) is 11.5 Å². The minimum Gasteiger partial charge on any atom is -0.457 e. The molecule has 19 heavy (non-hydrogen) atoms. The summed E-state index contributed by atoms with van der Waals surface area (Å²) in [6.07, 6.45) is 2.28. The molecule has 0 saturated carbocycles. The lowest BCUT2D eigenvalue weighted by Gasteiger charge is -2.10. The van der Waals surface area contributed by atoms with Crippen LogP contribution in [0.3, 0.4) is 0 Å². The number of benzene rings is 2. The van der Waals surface area contributed by atoms with Gasteiger partial charge in [0, 0.05) is 5.88 Å². The van der Waals surface area contributed by atoms with Crippen LogP contribution < -0.4 is 4.74 Å². The van der Waals surface area contributed by atoms with Gasteiger partial charge in [-0.15, -0.1) is 11.6 Å². The smallest absolute Gasteiger partial charge is 0.130 e. The summed E-state index contributed by atoms with van der Waals surface area (Å²) in [6.45, 7) is 4.23. The topological polar surface area (TPSA) is 9.23 Å². The van der Waals surface area contributed by atoms with Crippen molar-refractivity contribution in [2.45, 2.75) is 32.6 Å². The van der Waals surface area contributed by atoms with Crippen LogP contribution in [0, 0.1) is 6.92 Å². The van der Waals surface area contributed by atoms with E-state index >= 15 is 0 Å². The molecule has 2 aromatic rings. The predicted octanol–water partition coefficient (Wildman–Crippen LogP) is 5.48. The molecule has 0 radical (unpaired) electrons. The zero-order valence-electron chi connectivity index (χ0n) is 11.4. The van der Waals surface area contributed by atoms with Crippen molar-refractivity contribution in [1.29, 1.82) is 0 Å². The van der Waals surface area contributed by atoms with Crippen LogP contribution in [-0.4, -0.2) is 0 Å². The van der Waals surface area contributed by atoms with Gasteiger partial charge in [-0.25, -0.2) is 0 Å². The number of hydrogen-bond donors (Lipinski definition) is 0. The van der Waals surface area contributed by atoms with Crippen molar-refractivity contribution >= 4 is 11.6 Å². The molecule has 2 rings (SSSR count). The number of aryl methyl sites for hydroxylation is 2. The third kappa shape index (κ3) is 3.74. The highest BCUT2D eigenvalue weighted by Gasteiger charge is 2.03. The number of halogens is 1. The number of rotatable bonds is 5. The summed E-state index contributed by atoms with van der Waals surface area (Å²) in [5.41, 5.74) is 3.57. The molecular weight excluding hydrogens is 256 g/mol. The monoisotopic (exact) mass is 274 g/mol. The third-order valence-electron chi connectivity index (χ3n) is 3.08. The molecule has 2 heteroatoms. The fourth-order valence-electron chi connectivity index (χ4n) is 2.05. The summed E-state index contributed by atoms with van der Waals surface area (Å²) >= 11 is 5.82. The Kier molecular flexibility index (Phi) is 4.86. The fraction of sp³-hybridized carbons (Fsp3) is 0.294. The predicted molar refractivity (Wildman–Crippen MR) is 81.2 cm³/mol. The minimum atomic E-state index is 0.535. The molecule has 0 atom stereocenters. The van der Waals surface area contributed by atoms with E-state index in [2.05, 4.69) is 25.1 Å². The maximum atomic E-state index is 5.90. The van der Waals surface area contributed by atoms with Gasteiger partial charge in [0.25, 0.3) is 0 Å². The van der Waals surface area contributed by atoms with E-state index < -0.39 is 0 Å². The van der Waals surface area contributed by atoms with Gasteiger partial charge >= 0.3 is 0 Å². The second-order valence-electron chi connectivity index (χ2n) is 4.73. The molecule has 0 heterocycles. The van der Waals surface area contributed by atoms with E-state index in [4.69, 9.17) is 16.3 Å². The Morgan fingerprint density at radius 1 is 1.00 bits per heavy atom. The highest BCUT2D eigenvalue weighted by Crippen LogP contribution is 2.26. The molecular formula is C17H19ClO. The van der Waals surface area contributed by atoms with E-state index in [0.717, 1.165) is 29.0 Å². The van der Waals surface area contributed by atoms with Gasteiger partial charge < -0.3 is 4.74 Å². The van der Waals surface area contributed by atoms with Crippen molar-refractivity contribution in [2.24, 2.45) is 0 Å². The van der Waals surface area contributed by atoms with Crippen LogP contribution in [0.1, 0.15) is 30.0 Å². The van der Waals surface area contributed by atoms with Crippen molar-refractivity contribution in [1.82, 2.24) is 0 Å². The molecule has 0 fully saturated rings. The summed E-state index contributed by atoms with van der Waals surface area (Å²) in [5.74, 6) is 2.30. The fourth-order valence-corrected chi connectivity index (χ4v) is 2.22. The van der Waals surface area contributed by atoms with Crippen molar-refractivity contribution < 1.29 is 4.74 Å². The Balaban J connectivity index is 2.12. The van der Waals surface area contributed by atoms with Gasteiger partial charge in [0.15, 0.2) is 0 Å². The Morgan fingerprint density at radius 2 is 1.68 bits per heavy atom. The van der Waals surface area contributed by atoms with Crippen LogP contribution in [0.2, 0.25) is 0 Å². The summed E-state index contributed by atoms with van der Waals surface area (Å²) in [7, 11) is 0. The van der Waals surface area contributed by atoms with Gasteiger partial charge in [-0.2, -0.15) is 0 Å². The van der Waals surface area contributed by atoms with Crippen LogP contribution in [0.15, 0.2) is 42.5 Å². The zero-order chi connectivity index (χ0) is 13.7. The van der Waals surface area contributed by atoms with Gasteiger partial charge in [-0.05, 0) is 48.2 Å². The van der Waals surface area contributed by atoms with E-state index in [1.54, 1.807) is 0 Å². The second kappa shape index (κ2) is 6.63. The SMILES string of the molecule is CCCc1ccc(Oc2ccc(CCl)cc2C)cc1. The van der Waals surface area contributed by atoms with Crippen molar-refractivity contribution in [2.75, 3.05) is 0 Å². The Morgan fingerprint density at radius 3 is 2.26 bits per heavy atom. The Hall–Kier alpha value is -1.47. The van der Waals surface area contributed by atoms with Gasteiger partial charge in [0.1, 0.15) is 11.5 Å². The average molecular weight is 275 g/mol. The molecule has 0 saturated heterocycles. The quantitative estimate of drug-likeness (QED) is 0.656. The molecule has 100 valence electrons. The lowest BCUT2D eigenvalue weighted by atomic mass is 10.1. The number of hydrogen-bond acceptors (Lipinski definition) is 1. The number of alkyl halides is 1. The summed E-state index contributed by atoms with van der Waals surface area (Å²) < 4.78 is 5.90. The van der Waals surface area contributed by atoms with E-state index in [1.807, 2.05) is 31.2 Å². The van der Waals surface area contributed by atoms with E-state index in [9.17, 15) is 0 Å². The van der Waals surface area contributed by atoms with Crippen LogP contribution in [0.4, 0.5) is 0 Å². The normalized spacial score (nSPS) is 10.5. The molecule has 0 aromatic heterocycles. The molecule has 0 N–H and O–H groups in total. The molecule has 0 aliphatic rings. The first-order valence-electron chi connectivity index (χ1n) is 6.65. The Bertz CT molecular complexity index is 531. The molecule has 0 amide bonds. The highest BCUT2D eigenvalue weighted by atomic mass is 35.5. The average Bonchev–Trinajstić information content (AvgIpc) is 2.43. The van der Waals surface area contributed by atoms with Crippen LogP contribution in [-0.2, 0) is 12.3 Å². The summed E-state index contributed by atoms with van der Waals surface area (Å²) in [4.78, 5) is 0. The van der Waals surface area contributed by atoms with E-state index in [1.165, 1.54) is 12.0 Å². The molecule has 0 aliphatic heterocycles. The van der Waals surface area contributed by atoms with E-state index in [0.29, 0.717) is 5.88 Å². The third-order valence-corrected chi connectivity index (χ3v) is 3.39. The van der Waals surface area contributed by atoms with Crippen molar-refractivity contribution in [3.63, 3.8) is 0 Å². The Labute approximate surface area is 120 Å². The lowest BCUT2D eigenvalue weighted by Crippen LogP contribution is -1.90. The molecule has 0 aliphatic carbocycles. The van der Waals surface area contributed by atoms with E-state index in [-0.39, 0.29) is 0 Å². The standard InChI is InChI=1S/C17H19ClO/c1-3-4-14-5-8-16(9-6-14)19-17-10-7-15(12-18)11-13(17)2/h5-11H,3-4,12H2,1-2H3. The molecule has 2 aromatic carbocycles. The minimum absolute atomic E-state index is 0.535. The second-order valence-corrected chi connectivity index (χ2v) is 5.00. The first-order chi connectivity index (χ1) is 9.22. The van der Waals surface area contributed by atoms with Gasteiger partial charge in [0.05, 0.1) is 0 Å². The van der Waals surface area contributed by atoms with Crippen LogP contribution in [0.25, 0.3) is 0 Å². The van der Waals surface area contributed by atoms with Gasteiger partial charge in [-0.1, -0.05) is 37.6 Å². The first kappa shape index (κ1) is 14.0. The van der Waals surface area contributed by atoms with Crippen LogP contribution >= 0.6 is 11.6 Å². The molecule has 0 unspecified atom stereocenters.